The number of para-hydroxylation sites is 1. The van der Waals surface area contributed by atoms with Crippen LogP contribution in [0.2, 0.25) is 0 Å². The molecule has 1 heterocycles. The van der Waals surface area contributed by atoms with Crippen LogP contribution in [0.1, 0.15) is 11.1 Å². The normalized spacial score (nSPS) is 10.3. The highest BCUT2D eigenvalue weighted by atomic mass is 19.1. The number of halogens is 2. The molecule has 32 heavy (non-hydrogen) atoms. The highest BCUT2D eigenvalue weighted by Gasteiger charge is 2.21. The van der Waals surface area contributed by atoms with Gasteiger partial charge in [0.05, 0.1) is 11.6 Å². The molecule has 4 rings (SSSR count). The average Bonchev–Trinajstić information content (AvgIpc) is 2.82. The number of hydrogen-bond acceptors (Lipinski definition) is 5. The smallest absolute Gasteiger partial charge is 0.259 e. The standard InChI is InChI=1S/C25H17F2N3O2/c1-16-22(26)24(31-20-11-5-7-17(13-20)15-28)30-25(23(16)27)32-21-12-6-10-19(14-21)29-18-8-3-2-4-9-18/h2-14,29H,1H3. The lowest BCUT2D eigenvalue weighted by molar-refractivity contribution is 0.373. The van der Waals surface area contributed by atoms with E-state index in [1.165, 1.54) is 13.0 Å². The molecule has 7 heteroatoms. The number of nitrogens with one attached hydrogen (secondary N) is 1. The molecular weight excluding hydrogens is 412 g/mol. The van der Waals surface area contributed by atoms with Crippen LogP contribution in [0.4, 0.5) is 20.2 Å². The minimum absolute atomic E-state index is 0.196. The highest BCUT2D eigenvalue weighted by molar-refractivity contribution is 5.61. The van der Waals surface area contributed by atoms with Crippen molar-refractivity contribution in [2.24, 2.45) is 0 Å². The van der Waals surface area contributed by atoms with Crippen molar-refractivity contribution in [1.82, 2.24) is 4.98 Å². The molecule has 1 N–H and O–H groups in total. The molecule has 0 radical (unpaired) electrons. The maximum absolute atomic E-state index is 14.7. The van der Waals surface area contributed by atoms with Crippen molar-refractivity contribution in [3.05, 3.63) is 102 Å². The number of aromatic nitrogens is 1. The van der Waals surface area contributed by atoms with Crippen LogP contribution < -0.4 is 14.8 Å². The largest absolute Gasteiger partial charge is 0.436 e. The summed E-state index contributed by atoms with van der Waals surface area (Å²) in [5.41, 5.74) is 1.64. The lowest BCUT2D eigenvalue weighted by Crippen LogP contribution is -2.02. The van der Waals surface area contributed by atoms with Crippen molar-refractivity contribution in [2.75, 3.05) is 5.32 Å². The van der Waals surface area contributed by atoms with Crippen molar-refractivity contribution < 1.29 is 18.3 Å². The van der Waals surface area contributed by atoms with Gasteiger partial charge in [0.25, 0.3) is 11.8 Å². The number of ether oxygens (including phenoxy) is 2. The van der Waals surface area contributed by atoms with Crippen LogP contribution in [0.25, 0.3) is 0 Å². The van der Waals surface area contributed by atoms with Crippen LogP contribution in [-0.4, -0.2) is 4.98 Å². The summed E-state index contributed by atoms with van der Waals surface area (Å²) >= 11 is 0. The molecule has 0 spiro atoms. The number of pyridine rings is 1. The summed E-state index contributed by atoms with van der Waals surface area (Å²) < 4.78 is 40.4. The van der Waals surface area contributed by atoms with Gasteiger partial charge in [-0.25, -0.2) is 8.78 Å². The second-order valence-electron chi connectivity index (χ2n) is 6.84. The van der Waals surface area contributed by atoms with Gasteiger partial charge in [0, 0.05) is 23.0 Å². The maximum atomic E-state index is 14.7. The Hall–Kier alpha value is -4.44. The molecule has 158 valence electrons. The first-order valence-corrected chi connectivity index (χ1v) is 9.67. The van der Waals surface area contributed by atoms with Gasteiger partial charge in [-0.15, -0.1) is 0 Å². The highest BCUT2D eigenvalue weighted by Crippen LogP contribution is 2.33. The van der Waals surface area contributed by atoms with E-state index in [4.69, 9.17) is 14.7 Å². The van der Waals surface area contributed by atoms with Crippen LogP contribution in [0.3, 0.4) is 0 Å². The Balaban J connectivity index is 1.61. The maximum Gasteiger partial charge on any atom is 0.259 e. The van der Waals surface area contributed by atoms with E-state index in [9.17, 15) is 8.78 Å². The van der Waals surface area contributed by atoms with Crippen molar-refractivity contribution >= 4 is 11.4 Å². The van der Waals surface area contributed by atoms with Crippen molar-refractivity contribution in [1.29, 1.82) is 5.26 Å². The van der Waals surface area contributed by atoms with Gasteiger partial charge in [0.1, 0.15) is 11.5 Å². The zero-order valence-electron chi connectivity index (χ0n) is 17.0. The SMILES string of the molecule is Cc1c(F)c(Oc2cccc(C#N)c2)nc(Oc2cccc(Nc3ccccc3)c2)c1F. The van der Waals surface area contributed by atoms with Gasteiger partial charge in [-0.2, -0.15) is 10.2 Å². The Morgan fingerprint density at radius 2 is 1.38 bits per heavy atom. The Kier molecular flexibility index (Phi) is 5.95. The molecule has 0 saturated heterocycles. The predicted octanol–water partition coefficient (Wildman–Crippen LogP) is 6.87. The molecule has 0 atom stereocenters. The Bertz CT molecular complexity index is 1300. The third-order valence-corrected chi connectivity index (χ3v) is 4.53. The molecule has 0 saturated carbocycles. The van der Waals surface area contributed by atoms with Crippen molar-refractivity contribution in [3.8, 4) is 29.3 Å². The molecule has 4 aromatic rings. The number of nitriles is 1. The summed E-state index contributed by atoms with van der Waals surface area (Å²) in [5.74, 6) is -2.25. The number of hydrogen-bond donors (Lipinski definition) is 1. The fourth-order valence-corrected chi connectivity index (χ4v) is 2.92. The Labute approximate surface area is 183 Å². The van der Waals surface area contributed by atoms with E-state index in [0.717, 1.165) is 11.4 Å². The van der Waals surface area contributed by atoms with Gasteiger partial charge in [-0.3, -0.25) is 0 Å². The summed E-state index contributed by atoms with van der Waals surface area (Å²) in [5, 5.41) is 12.2. The summed E-state index contributed by atoms with van der Waals surface area (Å²) in [6, 6.07) is 24.5. The summed E-state index contributed by atoms with van der Waals surface area (Å²) in [6.07, 6.45) is 0. The Morgan fingerprint density at radius 1 is 0.781 bits per heavy atom. The monoisotopic (exact) mass is 429 g/mol. The number of nitrogens with zero attached hydrogens (tertiary/aromatic N) is 2. The first-order valence-electron chi connectivity index (χ1n) is 9.67. The molecular formula is C25H17F2N3O2. The van der Waals surface area contributed by atoms with Crippen LogP contribution in [-0.2, 0) is 0 Å². The quantitative estimate of drug-likeness (QED) is 0.362. The van der Waals surface area contributed by atoms with Gasteiger partial charge in [-0.1, -0.05) is 30.3 Å². The van der Waals surface area contributed by atoms with E-state index in [2.05, 4.69) is 10.3 Å². The zero-order valence-corrected chi connectivity index (χ0v) is 17.0. The van der Waals surface area contributed by atoms with Gasteiger partial charge in [-0.05, 0) is 49.4 Å². The molecule has 0 bridgehead atoms. The third kappa shape index (κ3) is 4.65. The molecule has 0 aliphatic rings. The van der Waals surface area contributed by atoms with Crippen LogP contribution in [0.15, 0.2) is 78.9 Å². The topological polar surface area (TPSA) is 67.2 Å². The summed E-state index contributed by atoms with van der Waals surface area (Å²) in [4.78, 5) is 3.89. The summed E-state index contributed by atoms with van der Waals surface area (Å²) in [6.45, 7) is 1.27. The first kappa shape index (κ1) is 20.8. The summed E-state index contributed by atoms with van der Waals surface area (Å²) in [7, 11) is 0. The van der Waals surface area contributed by atoms with Crippen LogP contribution in [0.5, 0.6) is 23.3 Å². The van der Waals surface area contributed by atoms with Gasteiger partial charge >= 0.3 is 0 Å². The van der Waals surface area contributed by atoms with E-state index in [1.54, 1.807) is 36.4 Å². The van der Waals surface area contributed by atoms with Gasteiger partial charge in [0.2, 0.25) is 0 Å². The van der Waals surface area contributed by atoms with Gasteiger partial charge < -0.3 is 14.8 Å². The number of anilines is 2. The predicted molar refractivity (Wildman–Crippen MR) is 116 cm³/mol. The third-order valence-electron chi connectivity index (χ3n) is 4.53. The molecule has 0 fully saturated rings. The lowest BCUT2D eigenvalue weighted by Gasteiger charge is -2.13. The van der Waals surface area contributed by atoms with E-state index in [0.29, 0.717) is 11.3 Å². The molecule has 5 nitrogen and oxygen atoms in total. The molecule has 0 aliphatic heterocycles. The fourth-order valence-electron chi connectivity index (χ4n) is 2.92. The van der Waals surface area contributed by atoms with E-state index in [1.807, 2.05) is 42.5 Å². The molecule has 0 amide bonds. The second-order valence-corrected chi connectivity index (χ2v) is 6.84. The van der Waals surface area contributed by atoms with E-state index >= 15 is 0 Å². The minimum Gasteiger partial charge on any atom is -0.436 e. The minimum atomic E-state index is -0.947. The molecule has 3 aromatic carbocycles. The lowest BCUT2D eigenvalue weighted by atomic mass is 10.2. The van der Waals surface area contributed by atoms with E-state index < -0.39 is 23.4 Å². The Morgan fingerprint density at radius 3 is 2.03 bits per heavy atom. The van der Waals surface area contributed by atoms with E-state index in [-0.39, 0.29) is 11.3 Å². The first-order chi connectivity index (χ1) is 15.5. The number of rotatable bonds is 6. The molecule has 0 unspecified atom stereocenters. The fraction of sp³-hybridized carbons (Fsp3) is 0.0400. The molecule has 1 aromatic heterocycles. The van der Waals surface area contributed by atoms with Crippen molar-refractivity contribution in [2.45, 2.75) is 6.92 Å². The van der Waals surface area contributed by atoms with Crippen molar-refractivity contribution in [3.63, 3.8) is 0 Å². The number of benzene rings is 3. The second kappa shape index (κ2) is 9.14. The van der Waals surface area contributed by atoms with Crippen LogP contribution >= 0.6 is 0 Å². The zero-order chi connectivity index (χ0) is 22.5. The van der Waals surface area contributed by atoms with Gasteiger partial charge in [0.15, 0.2) is 11.6 Å². The average molecular weight is 429 g/mol. The molecule has 0 aliphatic carbocycles. The van der Waals surface area contributed by atoms with Crippen LogP contribution in [0, 0.1) is 29.9 Å².